The smallest absolute Gasteiger partial charge is 0.270 e. The van der Waals surface area contributed by atoms with E-state index in [1.54, 1.807) is 18.3 Å². The molecule has 1 aliphatic rings. The van der Waals surface area contributed by atoms with Crippen LogP contribution >= 0.6 is 0 Å². The highest BCUT2D eigenvalue weighted by atomic mass is 16.1. The number of nitriles is 1. The number of benzene rings is 2. The summed E-state index contributed by atoms with van der Waals surface area (Å²) in [7, 11) is 0. The van der Waals surface area contributed by atoms with E-state index in [0.29, 0.717) is 11.3 Å². The van der Waals surface area contributed by atoms with Crippen molar-refractivity contribution in [1.29, 1.82) is 5.26 Å². The predicted octanol–water partition coefficient (Wildman–Crippen LogP) is 3.35. The summed E-state index contributed by atoms with van der Waals surface area (Å²) < 4.78 is 0. The van der Waals surface area contributed by atoms with Crippen LogP contribution in [0.2, 0.25) is 0 Å². The van der Waals surface area contributed by atoms with Crippen LogP contribution in [0.5, 0.6) is 0 Å². The monoisotopic (exact) mass is 398 g/mol. The van der Waals surface area contributed by atoms with Crippen molar-refractivity contribution >= 4 is 12.2 Å². The van der Waals surface area contributed by atoms with E-state index in [1.807, 2.05) is 36.4 Å². The van der Waals surface area contributed by atoms with E-state index in [0.717, 1.165) is 12.1 Å². The lowest BCUT2D eigenvalue weighted by Crippen LogP contribution is -2.18. The Kier molecular flexibility index (Phi) is 5.97. The number of aromatic nitrogens is 2. The van der Waals surface area contributed by atoms with Crippen molar-refractivity contribution < 1.29 is 0 Å². The Labute approximate surface area is 174 Å². The molecule has 0 amide bonds. The summed E-state index contributed by atoms with van der Waals surface area (Å²) in [6.07, 6.45) is 4.24. The van der Waals surface area contributed by atoms with Crippen LogP contribution in [0.4, 0.5) is 5.95 Å². The minimum absolute atomic E-state index is 0.0238. The van der Waals surface area contributed by atoms with Crippen LogP contribution in [0, 0.1) is 11.3 Å². The standard InChI is InChI=1S/C23H22N6O/c24-14-20-21(19-6-2-1-3-7-19)26-23(27-22(20)30)28-25-15-17-8-10-18(11-9-17)16-29-12-4-5-13-29/h1-3,6-11,15H,4-5,12-13,16H2,(H2,26,27,28,30). The number of anilines is 1. The van der Waals surface area contributed by atoms with Gasteiger partial charge in [-0.2, -0.15) is 10.4 Å². The molecule has 4 rings (SSSR count). The predicted molar refractivity (Wildman–Crippen MR) is 117 cm³/mol. The molecule has 7 heteroatoms. The van der Waals surface area contributed by atoms with Crippen molar-refractivity contribution in [2.75, 3.05) is 18.5 Å². The fourth-order valence-electron chi connectivity index (χ4n) is 3.51. The summed E-state index contributed by atoms with van der Waals surface area (Å²) in [5.74, 6) is 0.180. The van der Waals surface area contributed by atoms with Gasteiger partial charge in [0.1, 0.15) is 11.6 Å². The molecule has 0 saturated carbocycles. The fraction of sp³-hybridized carbons (Fsp3) is 0.217. The molecule has 150 valence electrons. The second-order valence-electron chi connectivity index (χ2n) is 7.21. The number of rotatable bonds is 6. The minimum atomic E-state index is -0.504. The average Bonchev–Trinajstić information content (AvgIpc) is 3.28. The van der Waals surface area contributed by atoms with Crippen LogP contribution in [0.15, 0.2) is 64.5 Å². The van der Waals surface area contributed by atoms with Crippen LogP contribution in [-0.2, 0) is 6.54 Å². The van der Waals surface area contributed by atoms with E-state index in [2.05, 4.69) is 37.5 Å². The number of aromatic amines is 1. The highest BCUT2D eigenvalue weighted by molar-refractivity contribution is 5.80. The van der Waals surface area contributed by atoms with Crippen molar-refractivity contribution in [3.8, 4) is 17.3 Å². The topological polar surface area (TPSA) is 97.2 Å². The van der Waals surface area contributed by atoms with Crippen molar-refractivity contribution in [3.63, 3.8) is 0 Å². The molecule has 1 fully saturated rings. The van der Waals surface area contributed by atoms with Gasteiger partial charge in [-0.15, -0.1) is 0 Å². The third-order valence-corrected chi connectivity index (χ3v) is 5.05. The first-order chi connectivity index (χ1) is 14.7. The summed E-state index contributed by atoms with van der Waals surface area (Å²) in [6.45, 7) is 3.33. The molecule has 1 aliphatic heterocycles. The molecular weight excluding hydrogens is 376 g/mol. The molecule has 1 aromatic heterocycles. The molecule has 30 heavy (non-hydrogen) atoms. The number of hydrogen-bond donors (Lipinski definition) is 2. The SMILES string of the molecule is N#Cc1c(-c2ccccc2)nc(NN=Cc2ccc(CN3CCCC3)cc2)[nH]c1=O. The maximum absolute atomic E-state index is 12.3. The van der Waals surface area contributed by atoms with Gasteiger partial charge in [-0.3, -0.25) is 14.7 Å². The van der Waals surface area contributed by atoms with Crippen molar-refractivity contribution in [2.45, 2.75) is 19.4 Å². The lowest BCUT2D eigenvalue weighted by atomic mass is 10.1. The quantitative estimate of drug-likeness (QED) is 0.490. The Hall–Kier alpha value is -3.76. The molecule has 1 saturated heterocycles. The summed E-state index contributed by atoms with van der Waals surface area (Å²) in [4.78, 5) is 21.6. The Balaban J connectivity index is 1.47. The molecule has 0 unspecified atom stereocenters. The molecule has 3 aromatic rings. The third kappa shape index (κ3) is 4.62. The minimum Gasteiger partial charge on any atom is -0.299 e. The van der Waals surface area contributed by atoms with E-state index in [4.69, 9.17) is 0 Å². The van der Waals surface area contributed by atoms with E-state index in [-0.39, 0.29) is 11.5 Å². The van der Waals surface area contributed by atoms with Gasteiger partial charge in [-0.1, -0.05) is 54.6 Å². The number of nitrogens with one attached hydrogen (secondary N) is 2. The van der Waals surface area contributed by atoms with Crippen LogP contribution in [-0.4, -0.2) is 34.2 Å². The summed E-state index contributed by atoms with van der Waals surface area (Å²) in [5, 5.41) is 13.5. The van der Waals surface area contributed by atoms with Gasteiger partial charge < -0.3 is 0 Å². The van der Waals surface area contributed by atoms with Gasteiger partial charge >= 0.3 is 0 Å². The lowest BCUT2D eigenvalue weighted by Gasteiger charge is -2.14. The number of hydrogen-bond acceptors (Lipinski definition) is 6. The Morgan fingerprint density at radius 3 is 2.57 bits per heavy atom. The molecular formula is C23H22N6O. The zero-order valence-electron chi connectivity index (χ0n) is 16.5. The zero-order chi connectivity index (χ0) is 20.8. The van der Waals surface area contributed by atoms with Crippen LogP contribution in [0.3, 0.4) is 0 Å². The highest BCUT2D eigenvalue weighted by Crippen LogP contribution is 2.19. The third-order valence-electron chi connectivity index (χ3n) is 5.05. The van der Waals surface area contributed by atoms with Gasteiger partial charge in [0.2, 0.25) is 5.95 Å². The lowest BCUT2D eigenvalue weighted by molar-refractivity contribution is 0.331. The number of likely N-dealkylation sites (tertiary alicyclic amines) is 1. The Bertz CT molecular complexity index is 1120. The highest BCUT2D eigenvalue weighted by Gasteiger charge is 2.13. The van der Waals surface area contributed by atoms with Gasteiger partial charge in [-0.05, 0) is 37.1 Å². The maximum Gasteiger partial charge on any atom is 0.270 e. The van der Waals surface area contributed by atoms with Crippen LogP contribution in [0.25, 0.3) is 11.3 Å². The summed E-state index contributed by atoms with van der Waals surface area (Å²) >= 11 is 0. The van der Waals surface area contributed by atoms with Gasteiger partial charge in [-0.25, -0.2) is 10.4 Å². The van der Waals surface area contributed by atoms with Gasteiger partial charge in [0, 0.05) is 12.1 Å². The summed E-state index contributed by atoms with van der Waals surface area (Å²) in [6, 6.07) is 19.3. The maximum atomic E-state index is 12.3. The number of H-pyrrole nitrogens is 1. The second-order valence-corrected chi connectivity index (χ2v) is 7.21. The van der Waals surface area contributed by atoms with E-state index in [9.17, 15) is 10.1 Å². The van der Waals surface area contributed by atoms with Crippen molar-refractivity contribution in [1.82, 2.24) is 14.9 Å². The molecule has 2 N–H and O–H groups in total. The first kappa shape index (κ1) is 19.6. The molecule has 2 aromatic carbocycles. The van der Waals surface area contributed by atoms with Crippen LogP contribution in [0.1, 0.15) is 29.5 Å². The molecule has 0 radical (unpaired) electrons. The van der Waals surface area contributed by atoms with E-state index in [1.165, 1.54) is 31.5 Å². The van der Waals surface area contributed by atoms with Crippen LogP contribution < -0.4 is 11.0 Å². The molecule has 7 nitrogen and oxygen atoms in total. The fourth-order valence-corrected chi connectivity index (χ4v) is 3.51. The summed E-state index contributed by atoms with van der Waals surface area (Å²) in [5.41, 5.74) is 5.47. The van der Waals surface area contributed by atoms with Gasteiger partial charge in [0.05, 0.1) is 11.9 Å². The molecule has 2 heterocycles. The molecule has 0 bridgehead atoms. The van der Waals surface area contributed by atoms with Gasteiger partial charge in [0.15, 0.2) is 0 Å². The normalized spacial score (nSPS) is 14.1. The molecule has 0 spiro atoms. The molecule has 0 aliphatic carbocycles. The average molecular weight is 398 g/mol. The Morgan fingerprint density at radius 2 is 1.87 bits per heavy atom. The van der Waals surface area contributed by atoms with E-state index < -0.39 is 5.56 Å². The first-order valence-corrected chi connectivity index (χ1v) is 9.93. The molecule has 0 atom stereocenters. The second kappa shape index (κ2) is 9.16. The van der Waals surface area contributed by atoms with Crippen molar-refractivity contribution in [3.05, 3.63) is 81.6 Å². The number of nitrogens with zero attached hydrogens (tertiary/aromatic N) is 4. The zero-order valence-corrected chi connectivity index (χ0v) is 16.5. The first-order valence-electron chi connectivity index (χ1n) is 9.93. The van der Waals surface area contributed by atoms with Gasteiger partial charge in [0.25, 0.3) is 5.56 Å². The number of hydrazone groups is 1. The Morgan fingerprint density at radius 1 is 1.13 bits per heavy atom. The largest absolute Gasteiger partial charge is 0.299 e. The van der Waals surface area contributed by atoms with Crippen molar-refractivity contribution in [2.24, 2.45) is 5.10 Å². The van der Waals surface area contributed by atoms with E-state index >= 15 is 0 Å².